The molecule has 2 heterocycles. The molecule has 8 heteroatoms. The fraction of sp³-hybridized carbons (Fsp3) is 0.240. The predicted molar refractivity (Wildman–Crippen MR) is 125 cm³/mol. The highest BCUT2D eigenvalue weighted by atomic mass is 16.5. The Labute approximate surface area is 191 Å². The van der Waals surface area contributed by atoms with E-state index in [0.29, 0.717) is 35.9 Å². The molecule has 0 amide bonds. The van der Waals surface area contributed by atoms with Crippen molar-refractivity contribution in [1.29, 1.82) is 0 Å². The van der Waals surface area contributed by atoms with Crippen molar-refractivity contribution >= 4 is 17.6 Å². The fourth-order valence-electron chi connectivity index (χ4n) is 4.06. The molecule has 3 N–H and O–H groups in total. The molecule has 8 nitrogen and oxygen atoms in total. The van der Waals surface area contributed by atoms with Gasteiger partial charge in [0.05, 0.1) is 11.6 Å². The highest BCUT2D eigenvalue weighted by molar-refractivity contribution is 6.04. The second-order valence-electron chi connectivity index (χ2n) is 7.99. The number of nitrogens with zero attached hydrogens (tertiary/aromatic N) is 3. The Morgan fingerprint density at radius 1 is 1.15 bits per heavy atom. The highest BCUT2D eigenvalue weighted by Gasteiger charge is 2.29. The van der Waals surface area contributed by atoms with E-state index in [9.17, 15) is 9.59 Å². The van der Waals surface area contributed by atoms with Crippen LogP contribution in [0.4, 0.5) is 5.82 Å². The van der Waals surface area contributed by atoms with Crippen molar-refractivity contribution in [3.8, 4) is 22.8 Å². The van der Waals surface area contributed by atoms with Gasteiger partial charge in [0, 0.05) is 31.3 Å². The van der Waals surface area contributed by atoms with Crippen LogP contribution in [0.2, 0.25) is 0 Å². The van der Waals surface area contributed by atoms with E-state index >= 15 is 0 Å². The molecule has 0 saturated carbocycles. The molecule has 1 aromatic heterocycles. The van der Waals surface area contributed by atoms with Gasteiger partial charge in [-0.1, -0.05) is 24.3 Å². The van der Waals surface area contributed by atoms with E-state index in [2.05, 4.69) is 4.90 Å². The number of nitrogen functional groups attached to an aromatic ring is 1. The van der Waals surface area contributed by atoms with E-state index in [1.165, 1.54) is 6.92 Å². The van der Waals surface area contributed by atoms with Gasteiger partial charge in [-0.2, -0.15) is 5.10 Å². The maximum Gasteiger partial charge on any atom is 0.328 e. The number of carbonyl (C=O) groups is 2. The number of carbonyl (C=O) groups excluding carboxylic acids is 1. The van der Waals surface area contributed by atoms with Crippen molar-refractivity contribution in [3.63, 3.8) is 0 Å². The molecule has 4 rings (SSSR count). The molecule has 1 fully saturated rings. The molecule has 0 aliphatic carbocycles. The van der Waals surface area contributed by atoms with Crippen LogP contribution in [0.1, 0.15) is 29.7 Å². The van der Waals surface area contributed by atoms with E-state index in [0.717, 1.165) is 30.4 Å². The number of hydrogen-bond acceptors (Lipinski definition) is 6. The zero-order chi connectivity index (χ0) is 23.4. The van der Waals surface area contributed by atoms with Crippen LogP contribution >= 0.6 is 0 Å². The minimum atomic E-state index is -0.960. The van der Waals surface area contributed by atoms with Crippen LogP contribution in [0.25, 0.3) is 11.3 Å². The lowest BCUT2D eigenvalue weighted by molar-refractivity contribution is -0.131. The molecule has 1 aliphatic rings. The third-order valence-electron chi connectivity index (χ3n) is 5.62. The number of rotatable bonds is 8. The maximum atomic E-state index is 12.4. The molecular weight excluding hydrogens is 420 g/mol. The van der Waals surface area contributed by atoms with Crippen molar-refractivity contribution in [2.24, 2.45) is 0 Å². The molecule has 2 aromatic carbocycles. The lowest BCUT2D eigenvalue weighted by Gasteiger charge is -2.15. The zero-order valence-corrected chi connectivity index (χ0v) is 18.3. The minimum absolute atomic E-state index is 0.00997. The predicted octanol–water partition coefficient (Wildman–Crippen LogP) is 4.01. The number of aromatic nitrogens is 2. The van der Waals surface area contributed by atoms with Crippen molar-refractivity contribution in [3.05, 3.63) is 72.3 Å². The van der Waals surface area contributed by atoms with E-state index in [1.807, 2.05) is 54.6 Å². The Morgan fingerprint density at radius 3 is 2.52 bits per heavy atom. The number of ether oxygens (including phenoxy) is 1. The first-order chi connectivity index (χ1) is 15.9. The van der Waals surface area contributed by atoms with Crippen molar-refractivity contribution < 1.29 is 19.4 Å². The second kappa shape index (κ2) is 9.70. The summed E-state index contributed by atoms with van der Waals surface area (Å²) in [7, 11) is 0. The number of aliphatic carboxylic acids is 1. The van der Waals surface area contributed by atoms with Crippen molar-refractivity contribution in [1.82, 2.24) is 14.7 Å². The summed E-state index contributed by atoms with van der Waals surface area (Å²) < 4.78 is 7.59. The molecule has 3 aromatic rings. The SMILES string of the molecule is CC(=O)c1c(-c2ccc(Oc3ccccc3)cc2)nn([C@@H]2CCN(C/C=C/C(=O)O)C2)c1N. The highest BCUT2D eigenvalue weighted by Crippen LogP contribution is 2.33. The molecule has 0 bridgehead atoms. The number of anilines is 1. The van der Waals surface area contributed by atoms with Crippen LogP contribution in [-0.2, 0) is 4.79 Å². The minimum Gasteiger partial charge on any atom is -0.478 e. The summed E-state index contributed by atoms with van der Waals surface area (Å²) in [6, 6.07) is 16.9. The van der Waals surface area contributed by atoms with Crippen LogP contribution in [-0.4, -0.2) is 51.2 Å². The standard InChI is InChI=1S/C25H26N4O4/c1-17(30)23-24(18-9-11-21(12-10-18)33-20-6-3-2-4-7-20)27-29(25(23)26)19-13-15-28(16-19)14-5-8-22(31)32/h2-12,19H,13-16,26H2,1H3,(H,31,32)/b8-5+/t19-/m1/s1. The van der Waals surface area contributed by atoms with E-state index in [4.69, 9.17) is 20.7 Å². The van der Waals surface area contributed by atoms with Crippen LogP contribution in [0, 0.1) is 0 Å². The third kappa shape index (κ3) is 5.12. The van der Waals surface area contributed by atoms with Crippen LogP contribution in [0.3, 0.4) is 0 Å². The second-order valence-corrected chi connectivity index (χ2v) is 7.99. The number of nitrogens with two attached hydrogens (primary N) is 1. The first-order valence-corrected chi connectivity index (χ1v) is 10.8. The van der Waals surface area contributed by atoms with Crippen LogP contribution in [0.5, 0.6) is 11.5 Å². The summed E-state index contributed by atoms with van der Waals surface area (Å²) in [4.78, 5) is 25.2. The number of hydrogen-bond donors (Lipinski definition) is 2. The van der Waals surface area contributed by atoms with Gasteiger partial charge in [-0.3, -0.25) is 9.69 Å². The molecule has 1 atom stereocenters. The Morgan fingerprint density at radius 2 is 1.85 bits per heavy atom. The summed E-state index contributed by atoms with van der Waals surface area (Å²) >= 11 is 0. The first kappa shape index (κ1) is 22.3. The molecule has 170 valence electrons. The molecule has 1 aliphatic heterocycles. The summed E-state index contributed by atoms with van der Waals surface area (Å²) in [6.45, 7) is 3.51. The van der Waals surface area contributed by atoms with Gasteiger partial charge in [0.15, 0.2) is 5.78 Å². The topological polar surface area (TPSA) is 111 Å². The Kier molecular flexibility index (Phi) is 6.55. The molecule has 33 heavy (non-hydrogen) atoms. The molecule has 1 saturated heterocycles. The van der Waals surface area contributed by atoms with Crippen molar-refractivity contribution in [2.75, 3.05) is 25.4 Å². The quantitative estimate of drug-likeness (QED) is 0.397. The number of benzene rings is 2. The number of ketones is 1. The molecule has 0 unspecified atom stereocenters. The number of carboxylic acids is 1. The fourth-order valence-corrected chi connectivity index (χ4v) is 4.06. The third-order valence-corrected chi connectivity index (χ3v) is 5.62. The largest absolute Gasteiger partial charge is 0.478 e. The maximum absolute atomic E-state index is 12.4. The van der Waals surface area contributed by atoms with E-state index < -0.39 is 5.97 Å². The Bertz CT molecular complexity index is 1170. The summed E-state index contributed by atoms with van der Waals surface area (Å²) in [6.07, 6.45) is 3.59. The average molecular weight is 447 g/mol. The van der Waals surface area contributed by atoms with Gasteiger partial charge in [0.25, 0.3) is 0 Å². The van der Waals surface area contributed by atoms with Crippen LogP contribution in [0.15, 0.2) is 66.7 Å². The molecular formula is C25H26N4O4. The van der Waals surface area contributed by atoms with Crippen LogP contribution < -0.4 is 10.5 Å². The monoisotopic (exact) mass is 446 g/mol. The molecule has 0 spiro atoms. The lowest BCUT2D eigenvalue weighted by atomic mass is 10.0. The summed E-state index contributed by atoms with van der Waals surface area (Å²) in [5, 5.41) is 13.5. The lowest BCUT2D eigenvalue weighted by Crippen LogP contribution is -2.22. The summed E-state index contributed by atoms with van der Waals surface area (Å²) in [5.74, 6) is 0.681. The first-order valence-electron chi connectivity index (χ1n) is 10.8. The number of likely N-dealkylation sites (tertiary alicyclic amines) is 1. The number of Topliss-reactive ketones (excluding diaryl/α,β-unsaturated/α-hetero) is 1. The van der Waals surface area contributed by atoms with Gasteiger partial charge in [-0.15, -0.1) is 0 Å². The normalized spacial score (nSPS) is 16.3. The Hall–Kier alpha value is -3.91. The van der Waals surface area contributed by atoms with Gasteiger partial charge in [-0.25, -0.2) is 9.48 Å². The van der Waals surface area contributed by atoms with Gasteiger partial charge in [-0.05, 0) is 49.7 Å². The van der Waals surface area contributed by atoms with Gasteiger partial charge >= 0.3 is 5.97 Å². The van der Waals surface area contributed by atoms with Gasteiger partial charge in [0.1, 0.15) is 23.0 Å². The van der Waals surface area contributed by atoms with E-state index in [-0.39, 0.29) is 11.8 Å². The Balaban J connectivity index is 1.55. The van der Waals surface area contributed by atoms with Gasteiger partial charge in [0.2, 0.25) is 0 Å². The number of para-hydroxylation sites is 1. The molecule has 0 radical (unpaired) electrons. The average Bonchev–Trinajstić information content (AvgIpc) is 3.39. The van der Waals surface area contributed by atoms with E-state index in [1.54, 1.807) is 10.8 Å². The van der Waals surface area contributed by atoms with Crippen molar-refractivity contribution in [2.45, 2.75) is 19.4 Å². The summed E-state index contributed by atoms with van der Waals surface area (Å²) in [5.41, 5.74) is 8.13. The number of carboxylic acid groups (broad SMARTS) is 1. The zero-order valence-electron chi connectivity index (χ0n) is 18.3. The van der Waals surface area contributed by atoms with Gasteiger partial charge < -0.3 is 15.6 Å². The smallest absolute Gasteiger partial charge is 0.328 e.